The number of H-pyrrole nitrogens is 1. The molecule has 136 valence electrons. The number of hydrogen-bond donors (Lipinski definition) is 1. The SMILES string of the molecule is O=C(c1ccc(-c2ccncc2)[nH]c1=O)N1CCN(c2ncccn2)CC1. The maximum Gasteiger partial charge on any atom is 0.261 e. The molecule has 1 aliphatic rings. The molecule has 0 bridgehead atoms. The molecule has 1 aliphatic heterocycles. The second-order valence-electron chi connectivity index (χ2n) is 6.18. The van der Waals surface area contributed by atoms with E-state index in [0.29, 0.717) is 37.8 Å². The number of aromatic nitrogens is 4. The quantitative estimate of drug-likeness (QED) is 0.752. The van der Waals surface area contributed by atoms with E-state index in [1.807, 2.05) is 4.90 Å². The Hall–Kier alpha value is -3.55. The van der Waals surface area contributed by atoms with E-state index in [4.69, 9.17) is 0 Å². The second-order valence-corrected chi connectivity index (χ2v) is 6.18. The van der Waals surface area contributed by atoms with E-state index < -0.39 is 0 Å². The summed E-state index contributed by atoms with van der Waals surface area (Å²) in [5.74, 6) is 0.398. The average molecular weight is 362 g/mol. The number of carbonyl (C=O) groups is 1. The van der Waals surface area contributed by atoms with Crippen molar-refractivity contribution in [3.8, 4) is 11.3 Å². The highest BCUT2D eigenvalue weighted by Crippen LogP contribution is 2.15. The van der Waals surface area contributed by atoms with E-state index in [9.17, 15) is 9.59 Å². The van der Waals surface area contributed by atoms with Gasteiger partial charge in [-0.15, -0.1) is 0 Å². The Morgan fingerprint density at radius 1 is 0.926 bits per heavy atom. The standard InChI is InChI=1S/C19H18N6O2/c26-17-15(2-3-16(23-17)14-4-8-20-9-5-14)18(27)24-10-12-25(13-11-24)19-21-6-1-7-22-19/h1-9H,10-13H2,(H,23,26). The predicted molar refractivity (Wildman–Crippen MR) is 100 cm³/mol. The van der Waals surface area contributed by atoms with Gasteiger partial charge in [-0.25, -0.2) is 9.97 Å². The smallest absolute Gasteiger partial charge is 0.261 e. The number of hydrogen-bond acceptors (Lipinski definition) is 6. The van der Waals surface area contributed by atoms with Crippen LogP contribution in [0.3, 0.4) is 0 Å². The topological polar surface area (TPSA) is 95.1 Å². The molecule has 0 atom stereocenters. The fourth-order valence-corrected chi connectivity index (χ4v) is 3.08. The van der Waals surface area contributed by atoms with Gasteiger partial charge >= 0.3 is 0 Å². The van der Waals surface area contributed by atoms with Gasteiger partial charge in [-0.2, -0.15) is 0 Å². The van der Waals surface area contributed by atoms with Crippen LogP contribution in [0.2, 0.25) is 0 Å². The van der Waals surface area contributed by atoms with Crippen molar-refractivity contribution >= 4 is 11.9 Å². The molecule has 4 heterocycles. The van der Waals surface area contributed by atoms with Gasteiger partial charge in [0, 0.05) is 62.2 Å². The molecule has 0 saturated carbocycles. The fraction of sp³-hybridized carbons (Fsp3) is 0.211. The molecule has 8 heteroatoms. The molecule has 4 rings (SSSR count). The number of pyridine rings is 2. The molecule has 8 nitrogen and oxygen atoms in total. The zero-order chi connectivity index (χ0) is 18.6. The number of piperazine rings is 1. The summed E-state index contributed by atoms with van der Waals surface area (Å²) in [5, 5.41) is 0. The lowest BCUT2D eigenvalue weighted by atomic mass is 10.1. The van der Waals surface area contributed by atoms with Crippen molar-refractivity contribution in [2.45, 2.75) is 0 Å². The minimum atomic E-state index is -0.386. The summed E-state index contributed by atoms with van der Waals surface area (Å²) in [6.07, 6.45) is 6.71. The lowest BCUT2D eigenvalue weighted by Crippen LogP contribution is -2.50. The third kappa shape index (κ3) is 3.55. The summed E-state index contributed by atoms with van der Waals surface area (Å²) in [4.78, 5) is 44.1. The van der Waals surface area contributed by atoms with Crippen LogP contribution in [0.25, 0.3) is 11.3 Å². The lowest BCUT2D eigenvalue weighted by molar-refractivity contribution is 0.0744. The number of nitrogens with one attached hydrogen (secondary N) is 1. The Kier molecular flexibility index (Phi) is 4.61. The summed E-state index contributed by atoms with van der Waals surface area (Å²) < 4.78 is 0. The molecule has 1 N–H and O–H groups in total. The van der Waals surface area contributed by atoms with Crippen LogP contribution < -0.4 is 10.5 Å². The molecule has 3 aromatic rings. The first-order valence-electron chi connectivity index (χ1n) is 8.67. The number of aromatic amines is 1. The van der Waals surface area contributed by atoms with E-state index in [2.05, 4.69) is 19.9 Å². The van der Waals surface area contributed by atoms with Crippen LogP contribution in [0, 0.1) is 0 Å². The van der Waals surface area contributed by atoms with Gasteiger partial charge in [-0.3, -0.25) is 14.6 Å². The molecule has 0 unspecified atom stereocenters. The molecule has 1 amide bonds. The summed E-state index contributed by atoms with van der Waals surface area (Å²) in [6.45, 7) is 2.29. The first-order chi connectivity index (χ1) is 13.2. The van der Waals surface area contributed by atoms with E-state index in [1.165, 1.54) is 0 Å². The van der Waals surface area contributed by atoms with Gasteiger partial charge in [0.05, 0.1) is 0 Å². The van der Waals surface area contributed by atoms with E-state index in [1.54, 1.807) is 60.0 Å². The van der Waals surface area contributed by atoms with Gasteiger partial charge in [0.15, 0.2) is 0 Å². The van der Waals surface area contributed by atoms with Crippen molar-refractivity contribution in [1.29, 1.82) is 0 Å². The maximum atomic E-state index is 12.8. The van der Waals surface area contributed by atoms with Crippen LogP contribution >= 0.6 is 0 Å². The lowest BCUT2D eigenvalue weighted by Gasteiger charge is -2.34. The van der Waals surface area contributed by atoms with Crippen molar-refractivity contribution < 1.29 is 4.79 Å². The first kappa shape index (κ1) is 16.9. The van der Waals surface area contributed by atoms with Crippen molar-refractivity contribution in [3.05, 3.63) is 71.0 Å². The monoisotopic (exact) mass is 362 g/mol. The predicted octanol–water partition coefficient (Wildman–Crippen LogP) is 1.19. The third-order valence-corrected chi connectivity index (χ3v) is 4.53. The molecular weight excluding hydrogens is 344 g/mol. The molecular formula is C19H18N6O2. The average Bonchev–Trinajstić information content (AvgIpc) is 2.74. The number of rotatable bonds is 3. The number of amides is 1. The molecule has 1 saturated heterocycles. The molecule has 0 spiro atoms. The van der Waals surface area contributed by atoms with E-state index >= 15 is 0 Å². The number of carbonyl (C=O) groups excluding carboxylic acids is 1. The van der Waals surface area contributed by atoms with Crippen LogP contribution in [0.4, 0.5) is 5.95 Å². The first-order valence-corrected chi connectivity index (χ1v) is 8.67. The van der Waals surface area contributed by atoms with Gasteiger partial charge in [0.2, 0.25) is 5.95 Å². The largest absolute Gasteiger partial charge is 0.337 e. The van der Waals surface area contributed by atoms with Crippen molar-refractivity contribution in [2.24, 2.45) is 0 Å². The maximum absolute atomic E-state index is 12.8. The molecule has 0 radical (unpaired) electrons. The van der Waals surface area contributed by atoms with Crippen LogP contribution in [0.1, 0.15) is 10.4 Å². The Balaban J connectivity index is 1.47. The Morgan fingerprint density at radius 2 is 1.63 bits per heavy atom. The van der Waals surface area contributed by atoms with Crippen molar-refractivity contribution in [2.75, 3.05) is 31.1 Å². The summed E-state index contributed by atoms with van der Waals surface area (Å²) >= 11 is 0. The second kappa shape index (κ2) is 7.36. The van der Waals surface area contributed by atoms with Gasteiger partial charge in [0.1, 0.15) is 5.56 Å². The Morgan fingerprint density at radius 3 is 2.30 bits per heavy atom. The van der Waals surface area contributed by atoms with Crippen molar-refractivity contribution in [3.63, 3.8) is 0 Å². The highest BCUT2D eigenvalue weighted by molar-refractivity contribution is 5.94. The summed E-state index contributed by atoms with van der Waals surface area (Å²) in [5.41, 5.74) is 1.27. The van der Waals surface area contributed by atoms with Crippen LogP contribution in [-0.2, 0) is 0 Å². The fourth-order valence-electron chi connectivity index (χ4n) is 3.08. The zero-order valence-corrected chi connectivity index (χ0v) is 14.6. The van der Waals surface area contributed by atoms with Gasteiger partial charge < -0.3 is 14.8 Å². The Labute approximate surface area is 155 Å². The normalized spacial score (nSPS) is 14.2. The van der Waals surface area contributed by atoms with E-state index in [0.717, 1.165) is 5.56 Å². The van der Waals surface area contributed by atoms with Crippen molar-refractivity contribution in [1.82, 2.24) is 24.8 Å². The highest BCUT2D eigenvalue weighted by atomic mass is 16.2. The van der Waals surface area contributed by atoms with E-state index in [-0.39, 0.29) is 17.0 Å². The van der Waals surface area contributed by atoms with Crippen LogP contribution in [0.5, 0.6) is 0 Å². The summed E-state index contributed by atoms with van der Waals surface area (Å²) in [7, 11) is 0. The van der Waals surface area contributed by atoms with Crippen LogP contribution in [-0.4, -0.2) is 56.9 Å². The number of nitrogens with zero attached hydrogens (tertiary/aromatic N) is 5. The minimum Gasteiger partial charge on any atom is -0.337 e. The zero-order valence-electron chi connectivity index (χ0n) is 14.6. The Bertz CT molecular complexity index is 982. The molecule has 1 fully saturated rings. The molecule has 27 heavy (non-hydrogen) atoms. The molecule has 3 aromatic heterocycles. The van der Waals surface area contributed by atoms with Gasteiger partial charge in [-0.05, 0) is 30.3 Å². The third-order valence-electron chi connectivity index (χ3n) is 4.53. The highest BCUT2D eigenvalue weighted by Gasteiger charge is 2.25. The minimum absolute atomic E-state index is 0.150. The molecule has 0 aliphatic carbocycles. The molecule has 0 aromatic carbocycles. The van der Waals surface area contributed by atoms with Crippen LogP contribution in [0.15, 0.2) is 59.9 Å². The van der Waals surface area contributed by atoms with Gasteiger partial charge in [-0.1, -0.05) is 0 Å². The number of anilines is 1. The summed E-state index contributed by atoms with van der Waals surface area (Å²) in [6, 6.07) is 8.71. The van der Waals surface area contributed by atoms with Gasteiger partial charge in [0.25, 0.3) is 11.5 Å².